The van der Waals surface area contributed by atoms with Crippen molar-refractivity contribution in [1.29, 1.82) is 0 Å². The van der Waals surface area contributed by atoms with Gasteiger partial charge in [-0.2, -0.15) is 18.2 Å². The van der Waals surface area contributed by atoms with Crippen LogP contribution in [0.3, 0.4) is 0 Å². The van der Waals surface area contributed by atoms with Gasteiger partial charge in [-0.05, 0) is 60.2 Å². The number of carbonyl (C=O) groups is 2. The van der Waals surface area contributed by atoms with E-state index in [4.69, 9.17) is 9.47 Å². The van der Waals surface area contributed by atoms with Gasteiger partial charge in [0.15, 0.2) is 17.7 Å². The van der Waals surface area contributed by atoms with E-state index in [9.17, 15) is 35.9 Å². The van der Waals surface area contributed by atoms with Crippen LogP contribution in [0.1, 0.15) is 5.56 Å². The molecule has 5 rings (SSSR count). The van der Waals surface area contributed by atoms with Gasteiger partial charge in [-0.25, -0.2) is 14.5 Å². The molecule has 2 heterocycles. The number of nitrogens with one attached hydrogen (secondary N) is 1. The number of carbonyl (C=O) groups excluding carboxylic acids is 2. The lowest BCUT2D eigenvalue weighted by atomic mass is 10.1. The van der Waals surface area contributed by atoms with Gasteiger partial charge in [-0.15, -0.1) is 18.3 Å². The lowest BCUT2D eigenvalue weighted by Gasteiger charge is -2.21. The number of hydrogen-bond acceptors (Lipinski definition) is 8. The molecule has 47 heavy (non-hydrogen) atoms. The molecule has 1 aliphatic heterocycles. The van der Waals surface area contributed by atoms with Crippen molar-refractivity contribution < 1.29 is 50.1 Å². The van der Waals surface area contributed by atoms with E-state index in [0.717, 1.165) is 28.8 Å². The predicted molar refractivity (Wildman–Crippen MR) is 158 cm³/mol. The summed E-state index contributed by atoms with van der Waals surface area (Å²) in [6, 6.07) is 14.5. The highest BCUT2D eigenvalue weighted by molar-refractivity contribution is 8.15. The molecule has 11 nitrogen and oxygen atoms in total. The van der Waals surface area contributed by atoms with E-state index in [2.05, 4.69) is 25.1 Å². The molecular weight excluding hydrogens is 658 g/mol. The SMILES string of the molecule is COc1ccc(CC(F)(F)F)c(N2C(=O)CS/C2=N\C(=O)NCOc2ccc(-c3ncn(-c4ccc(OC(F)(F)F)cc4)n3)cc2)c1. The van der Waals surface area contributed by atoms with Gasteiger partial charge >= 0.3 is 18.6 Å². The fraction of sp³-hybridized carbons (Fsp3) is 0.207. The Morgan fingerprint density at radius 2 is 1.66 bits per heavy atom. The first-order valence-corrected chi connectivity index (χ1v) is 14.3. The van der Waals surface area contributed by atoms with Crippen molar-refractivity contribution in [2.75, 3.05) is 24.5 Å². The molecule has 1 N–H and O–H groups in total. The topological polar surface area (TPSA) is 120 Å². The second-order valence-corrected chi connectivity index (χ2v) is 10.5. The molecule has 0 unspecified atom stereocenters. The molecule has 18 heteroatoms. The normalized spacial score (nSPS) is 14.4. The number of urea groups is 1. The molecule has 0 spiro atoms. The van der Waals surface area contributed by atoms with Gasteiger partial charge in [0.2, 0.25) is 5.91 Å². The Morgan fingerprint density at radius 1 is 0.979 bits per heavy atom. The quantitative estimate of drug-likeness (QED) is 0.166. The number of aromatic nitrogens is 3. The van der Waals surface area contributed by atoms with Crippen molar-refractivity contribution in [3.8, 4) is 34.3 Å². The van der Waals surface area contributed by atoms with Gasteiger partial charge in [0.1, 0.15) is 23.6 Å². The number of ether oxygens (including phenoxy) is 3. The van der Waals surface area contributed by atoms with Gasteiger partial charge in [0.25, 0.3) is 0 Å². The number of alkyl halides is 6. The molecule has 1 saturated heterocycles. The van der Waals surface area contributed by atoms with E-state index in [1.165, 1.54) is 48.5 Å². The fourth-order valence-corrected chi connectivity index (χ4v) is 5.11. The van der Waals surface area contributed by atoms with Crippen LogP contribution >= 0.6 is 11.8 Å². The highest BCUT2D eigenvalue weighted by Crippen LogP contribution is 2.36. The second-order valence-electron chi connectivity index (χ2n) is 9.55. The molecule has 0 aliphatic carbocycles. The fourth-order valence-electron chi connectivity index (χ4n) is 4.25. The van der Waals surface area contributed by atoms with E-state index < -0.39 is 30.9 Å². The first-order chi connectivity index (χ1) is 22.3. The monoisotopic (exact) mass is 680 g/mol. The number of amides is 3. The van der Waals surface area contributed by atoms with Crippen LogP contribution in [0.4, 0.5) is 36.8 Å². The minimum atomic E-state index is -4.80. The zero-order valence-electron chi connectivity index (χ0n) is 24.0. The molecule has 3 amide bonds. The number of anilines is 1. The number of hydrogen-bond donors (Lipinski definition) is 1. The number of nitrogens with zero attached hydrogens (tertiary/aromatic N) is 5. The summed E-state index contributed by atoms with van der Waals surface area (Å²) in [5, 5.41) is 6.62. The van der Waals surface area contributed by atoms with Gasteiger partial charge in [-0.1, -0.05) is 17.8 Å². The van der Waals surface area contributed by atoms with E-state index in [1.54, 1.807) is 24.3 Å². The number of rotatable bonds is 9. The highest BCUT2D eigenvalue weighted by atomic mass is 32.2. The average Bonchev–Trinajstić information content (AvgIpc) is 3.64. The summed E-state index contributed by atoms with van der Waals surface area (Å²) in [6.45, 7) is -0.326. The number of aliphatic imine (C=N–C) groups is 1. The average molecular weight is 681 g/mol. The third kappa shape index (κ3) is 8.72. The molecule has 0 atom stereocenters. The smallest absolute Gasteiger partial charge is 0.497 e. The minimum Gasteiger partial charge on any atom is -0.497 e. The van der Waals surface area contributed by atoms with E-state index >= 15 is 0 Å². The molecule has 0 saturated carbocycles. The van der Waals surface area contributed by atoms with Crippen LogP contribution in [0.5, 0.6) is 17.2 Å². The zero-order valence-corrected chi connectivity index (χ0v) is 24.8. The second kappa shape index (κ2) is 13.6. The van der Waals surface area contributed by atoms with Crippen LogP contribution in [0.15, 0.2) is 78.0 Å². The summed E-state index contributed by atoms with van der Waals surface area (Å²) in [5.74, 6) is -0.172. The van der Waals surface area contributed by atoms with Crippen molar-refractivity contribution in [1.82, 2.24) is 20.1 Å². The number of methoxy groups -OCH3 is 1. The lowest BCUT2D eigenvalue weighted by molar-refractivity contribution is -0.274. The highest BCUT2D eigenvalue weighted by Gasteiger charge is 2.36. The summed E-state index contributed by atoms with van der Waals surface area (Å²) in [4.78, 5) is 34.2. The first-order valence-electron chi connectivity index (χ1n) is 13.3. The third-order valence-corrected chi connectivity index (χ3v) is 7.21. The van der Waals surface area contributed by atoms with E-state index in [1.807, 2.05) is 0 Å². The van der Waals surface area contributed by atoms with Gasteiger partial charge in [-0.3, -0.25) is 9.69 Å². The Balaban J connectivity index is 1.19. The Morgan fingerprint density at radius 3 is 2.32 bits per heavy atom. The number of thioether (sulfide) groups is 1. The maximum atomic E-state index is 13.2. The summed E-state index contributed by atoms with van der Waals surface area (Å²) in [6.07, 6.45) is -9.26. The van der Waals surface area contributed by atoms with Crippen molar-refractivity contribution in [2.24, 2.45) is 4.99 Å². The summed E-state index contributed by atoms with van der Waals surface area (Å²) in [5.41, 5.74) is 0.761. The van der Waals surface area contributed by atoms with E-state index in [-0.39, 0.29) is 40.4 Å². The number of benzene rings is 3. The minimum absolute atomic E-state index is 0.0904. The predicted octanol–water partition coefficient (Wildman–Crippen LogP) is 6.13. The molecular formula is C29H22F6N6O5S. The van der Waals surface area contributed by atoms with Crippen molar-refractivity contribution in [3.05, 3.63) is 78.6 Å². The Kier molecular flexibility index (Phi) is 9.59. The van der Waals surface area contributed by atoms with Crippen LogP contribution in [0, 0.1) is 0 Å². The molecule has 3 aromatic carbocycles. The van der Waals surface area contributed by atoms with Crippen molar-refractivity contribution in [3.63, 3.8) is 0 Å². The molecule has 4 aromatic rings. The Hall–Kier alpha value is -5.26. The standard InChI is InChI=1S/C29H22F6N6O5S/c1-44-22-9-4-18(13-28(30,31)32)23(12-22)41-24(42)14-47-27(41)38-26(43)37-16-45-20-7-2-17(3-8-20)25-36-15-40(39-25)19-5-10-21(11-6-19)46-29(33,34)35/h2-12,15H,13-14,16H2,1H3,(H,37,43)/b38-27-. The van der Waals surface area contributed by atoms with Crippen LogP contribution in [0.25, 0.3) is 17.1 Å². The zero-order chi connectivity index (χ0) is 33.8. The Labute approximate surface area is 266 Å². The third-order valence-electron chi connectivity index (χ3n) is 6.29. The molecule has 246 valence electrons. The van der Waals surface area contributed by atoms with Crippen LogP contribution in [-0.2, 0) is 11.2 Å². The number of halogens is 6. The molecule has 1 fully saturated rings. The molecule has 1 aliphatic rings. The van der Waals surface area contributed by atoms with Crippen LogP contribution < -0.4 is 24.4 Å². The van der Waals surface area contributed by atoms with Crippen molar-refractivity contribution in [2.45, 2.75) is 19.0 Å². The summed E-state index contributed by atoms with van der Waals surface area (Å²) in [7, 11) is 1.33. The molecule has 0 bridgehead atoms. The summed E-state index contributed by atoms with van der Waals surface area (Å²) < 4.78 is 92.7. The molecule has 0 radical (unpaired) electrons. The summed E-state index contributed by atoms with van der Waals surface area (Å²) >= 11 is 0.896. The lowest BCUT2D eigenvalue weighted by Crippen LogP contribution is -2.33. The number of amidine groups is 1. The maximum absolute atomic E-state index is 13.2. The van der Waals surface area contributed by atoms with E-state index in [0.29, 0.717) is 22.8 Å². The van der Waals surface area contributed by atoms with Gasteiger partial charge in [0, 0.05) is 11.6 Å². The van der Waals surface area contributed by atoms with Crippen LogP contribution in [0.2, 0.25) is 0 Å². The van der Waals surface area contributed by atoms with Crippen molar-refractivity contribution >= 4 is 34.6 Å². The van der Waals surface area contributed by atoms with Gasteiger partial charge < -0.3 is 19.5 Å². The van der Waals surface area contributed by atoms with Gasteiger partial charge in [0.05, 0.1) is 30.7 Å². The van der Waals surface area contributed by atoms with Crippen LogP contribution in [-0.4, -0.2) is 64.0 Å². The largest absolute Gasteiger partial charge is 0.573 e. The Bertz CT molecular complexity index is 1780. The maximum Gasteiger partial charge on any atom is 0.573 e. The molecule has 1 aromatic heterocycles. The first kappa shape index (κ1) is 33.1.